The summed E-state index contributed by atoms with van der Waals surface area (Å²) in [4.78, 5) is 24.7. The SMILES string of the molecule is CCn1nc(C)c(C(=O)c2ccc([N+](=O)[O-])c(C(C)=C(C)C)c2C)c1OS(=O)(=O)C(C)C. The Morgan fingerprint density at radius 3 is 2.25 bits per heavy atom. The number of allylic oxidation sites excluding steroid dienone is 2. The van der Waals surface area contributed by atoms with Crippen molar-refractivity contribution < 1.29 is 22.3 Å². The molecule has 1 aromatic carbocycles. The molecule has 0 spiro atoms. The van der Waals surface area contributed by atoms with Crippen molar-refractivity contribution >= 4 is 27.2 Å². The number of benzene rings is 1. The topological polar surface area (TPSA) is 121 Å². The molecule has 32 heavy (non-hydrogen) atoms. The van der Waals surface area contributed by atoms with Gasteiger partial charge in [-0.3, -0.25) is 14.9 Å². The minimum absolute atomic E-state index is 0.0221. The minimum Gasteiger partial charge on any atom is -0.361 e. The number of nitro groups is 1. The molecule has 0 aliphatic carbocycles. The van der Waals surface area contributed by atoms with Crippen LogP contribution in [0.25, 0.3) is 5.57 Å². The van der Waals surface area contributed by atoms with Crippen LogP contribution in [0.15, 0.2) is 17.7 Å². The summed E-state index contributed by atoms with van der Waals surface area (Å²) in [6.45, 7) is 13.7. The number of nitro benzene ring substituents is 1. The molecule has 0 unspecified atom stereocenters. The predicted octanol–water partition coefficient (Wildman–Crippen LogP) is 4.59. The first-order valence-electron chi connectivity index (χ1n) is 10.2. The maximum absolute atomic E-state index is 13.6. The summed E-state index contributed by atoms with van der Waals surface area (Å²) >= 11 is 0. The number of hydrogen-bond donors (Lipinski definition) is 0. The first-order chi connectivity index (χ1) is 14.7. The fourth-order valence-corrected chi connectivity index (χ4v) is 3.86. The average molecular weight is 464 g/mol. The van der Waals surface area contributed by atoms with Gasteiger partial charge in [-0.05, 0) is 72.6 Å². The molecular formula is C22H29N3O6S. The van der Waals surface area contributed by atoms with Crippen molar-refractivity contribution in [1.82, 2.24) is 9.78 Å². The number of rotatable bonds is 8. The third-order valence-corrected chi connectivity index (χ3v) is 6.93. The Balaban J connectivity index is 2.80. The first-order valence-corrected chi connectivity index (χ1v) is 11.7. The van der Waals surface area contributed by atoms with Crippen molar-refractivity contribution in [3.63, 3.8) is 0 Å². The molecule has 2 rings (SSSR count). The highest BCUT2D eigenvalue weighted by atomic mass is 32.2. The molecule has 0 atom stereocenters. The standard InChI is InChI=1S/C22H29N3O6S/c1-9-24-22(31-32(29,30)13(4)5)20(16(8)23-24)21(26)17-10-11-18(25(27)28)19(15(17)7)14(6)12(2)3/h10-11,13H,9H2,1-8H3. The van der Waals surface area contributed by atoms with Crippen molar-refractivity contribution in [2.75, 3.05) is 0 Å². The summed E-state index contributed by atoms with van der Waals surface area (Å²) in [5.74, 6) is -0.659. The maximum Gasteiger partial charge on any atom is 0.313 e. The summed E-state index contributed by atoms with van der Waals surface area (Å²) in [5, 5.41) is 15.1. The summed E-state index contributed by atoms with van der Waals surface area (Å²) in [7, 11) is -3.98. The minimum atomic E-state index is -3.98. The van der Waals surface area contributed by atoms with E-state index in [4.69, 9.17) is 4.18 Å². The summed E-state index contributed by atoms with van der Waals surface area (Å²) < 4.78 is 31.5. The van der Waals surface area contributed by atoms with E-state index in [1.165, 1.54) is 30.7 Å². The molecule has 9 nitrogen and oxygen atoms in total. The first kappa shape index (κ1) is 25.3. The second-order valence-electron chi connectivity index (χ2n) is 8.05. The number of aromatic nitrogens is 2. The molecule has 0 radical (unpaired) electrons. The number of carbonyl (C=O) groups is 1. The largest absolute Gasteiger partial charge is 0.361 e. The molecule has 0 amide bonds. The van der Waals surface area contributed by atoms with Gasteiger partial charge in [0.1, 0.15) is 5.56 Å². The number of aryl methyl sites for hydroxylation is 2. The van der Waals surface area contributed by atoms with Gasteiger partial charge < -0.3 is 4.18 Å². The van der Waals surface area contributed by atoms with Crippen LogP contribution in [-0.2, 0) is 16.7 Å². The number of ketones is 1. The van der Waals surface area contributed by atoms with Gasteiger partial charge in [-0.2, -0.15) is 13.5 Å². The van der Waals surface area contributed by atoms with Gasteiger partial charge in [-0.25, -0.2) is 4.68 Å². The van der Waals surface area contributed by atoms with Crippen molar-refractivity contribution in [2.45, 2.75) is 67.2 Å². The Morgan fingerprint density at radius 2 is 1.78 bits per heavy atom. The number of nitrogens with zero attached hydrogens (tertiary/aromatic N) is 3. The van der Waals surface area contributed by atoms with E-state index in [0.717, 1.165) is 5.57 Å². The number of carbonyl (C=O) groups excluding carboxylic acids is 1. The molecule has 10 heteroatoms. The van der Waals surface area contributed by atoms with Gasteiger partial charge in [0.05, 0.1) is 21.4 Å². The number of hydrogen-bond acceptors (Lipinski definition) is 7. The van der Waals surface area contributed by atoms with Crippen LogP contribution < -0.4 is 4.18 Å². The van der Waals surface area contributed by atoms with Gasteiger partial charge >= 0.3 is 10.1 Å². The van der Waals surface area contributed by atoms with E-state index in [1.807, 2.05) is 13.8 Å². The van der Waals surface area contributed by atoms with Gasteiger partial charge in [-0.15, -0.1) is 0 Å². The summed E-state index contributed by atoms with van der Waals surface area (Å²) in [6, 6.07) is 2.69. The highest BCUT2D eigenvalue weighted by Crippen LogP contribution is 2.35. The maximum atomic E-state index is 13.6. The third-order valence-electron chi connectivity index (χ3n) is 5.39. The van der Waals surface area contributed by atoms with E-state index in [1.54, 1.807) is 27.7 Å². The highest BCUT2D eigenvalue weighted by molar-refractivity contribution is 7.87. The van der Waals surface area contributed by atoms with Crippen LogP contribution in [0.3, 0.4) is 0 Å². The monoisotopic (exact) mass is 463 g/mol. The molecule has 0 aliphatic rings. The van der Waals surface area contributed by atoms with Crippen LogP contribution in [0.1, 0.15) is 74.3 Å². The normalized spacial score (nSPS) is 11.5. The second kappa shape index (κ2) is 9.23. The zero-order valence-electron chi connectivity index (χ0n) is 19.6. The van der Waals surface area contributed by atoms with Crippen molar-refractivity contribution in [3.8, 4) is 5.88 Å². The highest BCUT2D eigenvalue weighted by Gasteiger charge is 2.31. The molecule has 0 fully saturated rings. The molecule has 174 valence electrons. The van der Waals surface area contributed by atoms with Crippen molar-refractivity contribution in [2.24, 2.45) is 0 Å². The van der Waals surface area contributed by atoms with Crippen LogP contribution in [-0.4, -0.2) is 34.2 Å². The van der Waals surface area contributed by atoms with Crippen molar-refractivity contribution in [1.29, 1.82) is 0 Å². The van der Waals surface area contributed by atoms with E-state index in [2.05, 4.69) is 5.10 Å². The van der Waals surface area contributed by atoms with Gasteiger partial charge in [0.2, 0.25) is 11.7 Å². The van der Waals surface area contributed by atoms with Crippen molar-refractivity contribution in [3.05, 3.63) is 55.8 Å². The van der Waals surface area contributed by atoms with Gasteiger partial charge in [-0.1, -0.05) is 5.57 Å². The molecule has 1 aromatic heterocycles. The Morgan fingerprint density at radius 1 is 1.19 bits per heavy atom. The molecule has 0 saturated heterocycles. The lowest BCUT2D eigenvalue weighted by atomic mass is 9.90. The lowest BCUT2D eigenvalue weighted by Crippen LogP contribution is -2.23. The zero-order valence-corrected chi connectivity index (χ0v) is 20.5. The molecule has 2 aromatic rings. The van der Waals surface area contributed by atoms with E-state index in [-0.39, 0.29) is 22.7 Å². The van der Waals surface area contributed by atoms with E-state index < -0.39 is 26.1 Å². The van der Waals surface area contributed by atoms with Gasteiger partial charge in [0.15, 0.2) is 0 Å². The molecule has 0 saturated carbocycles. The Labute approximate surface area is 188 Å². The molecular weight excluding hydrogens is 434 g/mol. The average Bonchev–Trinajstić information content (AvgIpc) is 3.00. The fourth-order valence-electron chi connectivity index (χ4n) is 3.28. The van der Waals surface area contributed by atoms with Crippen LogP contribution in [0, 0.1) is 24.0 Å². The quantitative estimate of drug-likeness (QED) is 0.243. The Kier molecular flexibility index (Phi) is 7.29. The van der Waals surface area contributed by atoms with E-state index in [9.17, 15) is 23.3 Å². The van der Waals surface area contributed by atoms with E-state index >= 15 is 0 Å². The smallest absolute Gasteiger partial charge is 0.313 e. The molecule has 0 bridgehead atoms. The second-order valence-corrected chi connectivity index (χ2v) is 10.1. The zero-order chi connectivity index (χ0) is 24.5. The fraction of sp³-hybridized carbons (Fsp3) is 0.455. The molecule has 0 aliphatic heterocycles. The van der Waals surface area contributed by atoms with Crippen LogP contribution in [0.5, 0.6) is 5.88 Å². The lowest BCUT2D eigenvalue weighted by Gasteiger charge is -2.15. The Hall–Kier alpha value is -3.01. The predicted molar refractivity (Wildman–Crippen MR) is 123 cm³/mol. The summed E-state index contributed by atoms with van der Waals surface area (Å²) in [5.41, 5.74) is 2.83. The Bertz CT molecular complexity index is 1220. The molecule has 1 heterocycles. The van der Waals surface area contributed by atoms with Crippen LogP contribution in [0.2, 0.25) is 0 Å². The van der Waals surface area contributed by atoms with Gasteiger partial charge in [0, 0.05) is 18.2 Å². The lowest BCUT2D eigenvalue weighted by molar-refractivity contribution is -0.385. The van der Waals surface area contributed by atoms with Crippen LogP contribution >= 0.6 is 0 Å². The van der Waals surface area contributed by atoms with Gasteiger partial charge in [0.25, 0.3) is 5.69 Å². The molecule has 0 N–H and O–H groups in total. The van der Waals surface area contributed by atoms with Crippen LogP contribution in [0.4, 0.5) is 5.69 Å². The summed E-state index contributed by atoms with van der Waals surface area (Å²) in [6.07, 6.45) is 0. The van der Waals surface area contributed by atoms with E-state index in [0.29, 0.717) is 28.9 Å². The third kappa shape index (κ3) is 4.59.